The van der Waals surface area contributed by atoms with Crippen LogP contribution in [0.5, 0.6) is 0 Å². The van der Waals surface area contributed by atoms with Gasteiger partial charge < -0.3 is 5.32 Å². The normalized spacial score (nSPS) is 10.5. The van der Waals surface area contributed by atoms with Gasteiger partial charge in [0.1, 0.15) is 5.88 Å². The topological polar surface area (TPSA) is 29.1 Å². The monoisotopic (exact) mass is 225 g/mol. The third-order valence-electron chi connectivity index (χ3n) is 2.39. The summed E-state index contributed by atoms with van der Waals surface area (Å²) in [7, 11) is 0. The largest absolute Gasteiger partial charge is 0.325 e. The molecule has 0 bridgehead atoms. The van der Waals surface area contributed by atoms with Crippen molar-refractivity contribution in [2.24, 2.45) is 0 Å². The van der Waals surface area contributed by atoms with E-state index in [1.807, 2.05) is 19.1 Å². The number of halogens is 1. The second-order valence-electron chi connectivity index (χ2n) is 3.86. The summed E-state index contributed by atoms with van der Waals surface area (Å²) in [5.74, 6) is 0.282. The summed E-state index contributed by atoms with van der Waals surface area (Å²) in [5.41, 5.74) is 3.22. The summed E-state index contributed by atoms with van der Waals surface area (Å²) < 4.78 is 0. The zero-order valence-corrected chi connectivity index (χ0v) is 10.1. The van der Waals surface area contributed by atoms with Crippen molar-refractivity contribution in [2.75, 3.05) is 11.2 Å². The summed E-state index contributed by atoms with van der Waals surface area (Å²) >= 11 is 5.44. The van der Waals surface area contributed by atoms with Gasteiger partial charge in [0, 0.05) is 5.69 Å². The predicted molar refractivity (Wildman–Crippen MR) is 64.6 cm³/mol. The second kappa shape index (κ2) is 5.17. The van der Waals surface area contributed by atoms with E-state index in [-0.39, 0.29) is 11.8 Å². The highest BCUT2D eigenvalue weighted by Gasteiger charge is 2.08. The average molecular weight is 226 g/mol. The molecule has 0 atom stereocenters. The maximum atomic E-state index is 11.2. The number of carbonyl (C=O) groups excluding carboxylic acids is 1. The first kappa shape index (κ1) is 12.1. The van der Waals surface area contributed by atoms with Gasteiger partial charge in [-0.25, -0.2) is 0 Å². The SMILES string of the molecule is Cc1c(NC(=O)CCl)cccc1C(C)C. The summed E-state index contributed by atoms with van der Waals surface area (Å²) in [6.07, 6.45) is 0. The third kappa shape index (κ3) is 2.96. The quantitative estimate of drug-likeness (QED) is 0.786. The molecule has 15 heavy (non-hydrogen) atoms. The van der Waals surface area contributed by atoms with E-state index < -0.39 is 0 Å². The fraction of sp³-hybridized carbons (Fsp3) is 0.417. The molecule has 0 unspecified atom stereocenters. The zero-order chi connectivity index (χ0) is 11.4. The molecule has 2 nitrogen and oxygen atoms in total. The van der Waals surface area contributed by atoms with Gasteiger partial charge in [0.25, 0.3) is 0 Å². The molecule has 0 heterocycles. The molecule has 0 aliphatic carbocycles. The maximum absolute atomic E-state index is 11.2. The highest BCUT2D eigenvalue weighted by molar-refractivity contribution is 6.29. The summed E-state index contributed by atoms with van der Waals surface area (Å²) in [4.78, 5) is 11.2. The summed E-state index contributed by atoms with van der Waals surface area (Å²) in [6, 6.07) is 5.92. The van der Waals surface area contributed by atoms with E-state index in [2.05, 4.69) is 25.2 Å². The molecule has 1 aromatic carbocycles. The van der Waals surface area contributed by atoms with Crippen LogP contribution in [0, 0.1) is 6.92 Å². The number of nitrogens with one attached hydrogen (secondary N) is 1. The van der Waals surface area contributed by atoms with Gasteiger partial charge in [0.2, 0.25) is 5.91 Å². The Balaban J connectivity index is 2.99. The van der Waals surface area contributed by atoms with Crippen molar-refractivity contribution in [3.05, 3.63) is 29.3 Å². The lowest BCUT2D eigenvalue weighted by molar-refractivity contribution is -0.113. The maximum Gasteiger partial charge on any atom is 0.239 e. The molecule has 0 fully saturated rings. The third-order valence-corrected chi connectivity index (χ3v) is 2.64. The van der Waals surface area contributed by atoms with Crippen LogP contribution >= 0.6 is 11.6 Å². The van der Waals surface area contributed by atoms with Crippen LogP contribution in [0.2, 0.25) is 0 Å². The van der Waals surface area contributed by atoms with Crippen molar-refractivity contribution in [3.63, 3.8) is 0 Å². The highest BCUT2D eigenvalue weighted by atomic mass is 35.5. The van der Waals surface area contributed by atoms with Crippen LogP contribution in [-0.4, -0.2) is 11.8 Å². The lowest BCUT2D eigenvalue weighted by Gasteiger charge is -2.14. The first-order chi connectivity index (χ1) is 7.06. The minimum absolute atomic E-state index is 0.00859. The number of anilines is 1. The Hall–Kier alpha value is -1.02. The molecule has 0 aromatic heterocycles. The van der Waals surface area contributed by atoms with Gasteiger partial charge in [0.15, 0.2) is 0 Å². The number of hydrogen-bond donors (Lipinski definition) is 1. The van der Waals surface area contributed by atoms with E-state index in [9.17, 15) is 4.79 Å². The molecule has 1 rings (SSSR count). The lowest BCUT2D eigenvalue weighted by atomic mass is 9.97. The minimum Gasteiger partial charge on any atom is -0.325 e. The smallest absolute Gasteiger partial charge is 0.239 e. The van der Waals surface area contributed by atoms with Gasteiger partial charge >= 0.3 is 0 Å². The fourth-order valence-electron chi connectivity index (χ4n) is 1.60. The minimum atomic E-state index is -0.166. The Bertz CT molecular complexity index is 361. The first-order valence-electron chi connectivity index (χ1n) is 5.01. The first-order valence-corrected chi connectivity index (χ1v) is 5.55. The molecule has 82 valence electrons. The number of hydrogen-bond acceptors (Lipinski definition) is 1. The number of alkyl halides is 1. The number of amides is 1. The standard InChI is InChI=1S/C12H16ClNO/c1-8(2)10-5-4-6-11(9(10)3)14-12(15)7-13/h4-6,8H,7H2,1-3H3,(H,14,15). The van der Waals surface area contributed by atoms with Gasteiger partial charge in [-0.1, -0.05) is 26.0 Å². The van der Waals surface area contributed by atoms with Crippen LogP contribution in [0.1, 0.15) is 30.9 Å². The van der Waals surface area contributed by atoms with E-state index in [0.717, 1.165) is 11.3 Å². The van der Waals surface area contributed by atoms with Crippen molar-refractivity contribution in [2.45, 2.75) is 26.7 Å². The van der Waals surface area contributed by atoms with Crippen LogP contribution in [0.25, 0.3) is 0 Å². The number of rotatable bonds is 3. The molecule has 0 radical (unpaired) electrons. The molecule has 1 amide bonds. The van der Waals surface area contributed by atoms with Crippen LogP contribution in [0.3, 0.4) is 0 Å². The molecule has 0 saturated carbocycles. The Morgan fingerprint density at radius 3 is 2.67 bits per heavy atom. The van der Waals surface area contributed by atoms with Crippen LogP contribution in [0.15, 0.2) is 18.2 Å². The van der Waals surface area contributed by atoms with Crippen LogP contribution in [0.4, 0.5) is 5.69 Å². The lowest BCUT2D eigenvalue weighted by Crippen LogP contribution is -2.14. The van der Waals surface area contributed by atoms with E-state index in [1.54, 1.807) is 0 Å². The van der Waals surface area contributed by atoms with Crippen molar-refractivity contribution in [3.8, 4) is 0 Å². The van der Waals surface area contributed by atoms with Crippen molar-refractivity contribution in [1.82, 2.24) is 0 Å². The van der Waals surface area contributed by atoms with Gasteiger partial charge in [-0.3, -0.25) is 4.79 Å². The zero-order valence-electron chi connectivity index (χ0n) is 9.30. The molecule has 1 aromatic rings. The van der Waals surface area contributed by atoms with E-state index >= 15 is 0 Å². The molecular weight excluding hydrogens is 210 g/mol. The highest BCUT2D eigenvalue weighted by Crippen LogP contribution is 2.25. The molecule has 0 aliphatic rings. The van der Waals surface area contributed by atoms with E-state index in [4.69, 9.17) is 11.6 Å². The molecular formula is C12H16ClNO. The van der Waals surface area contributed by atoms with Gasteiger partial charge in [-0.05, 0) is 30.0 Å². The average Bonchev–Trinajstić information content (AvgIpc) is 2.20. The summed E-state index contributed by atoms with van der Waals surface area (Å²) in [6.45, 7) is 6.28. The van der Waals surface area contributed by atoms with Gasteiger partial charge in [-0.15, -0.1) is 11.6 Å². The Morgan fingerprint density at radius 2 is 2.13 bits per heavy atom. The predicted octanol–water partition coefficient (Wildman–Crippen LogP) is 3.30. The molecule has 0 aliphatic heterocycles. The molecule has 0 spiro atoms. The van der Waals surface area contributed by atoms with Gasteiger partial charge in [0.05, 0.1) is 0 Å². The Labute approximate surface area is 95.6 Å². The molecule has 1 N–H and O–H groups in total. The van der Waals surface area contributed by atoms with Crippen LogP contribution < -0.4 is 5.32 Å². The number of carbonyl (C=O) groups is 1. The Morgan fingerprint density at radius 1 is 1.47 bits per heavy atom. The van der Waals surface area contributed by atoms with Crippen molar-refractivity contribution < 1.29 is 4.79 Å². The summed E-state index contributed by atoms with van der Waals surface area (Å²) in [5, 5.41) is 2.78. The number of benzene rings is 1. The second-order valence-corrected chi connectivity index (χ2v) is 4.12. The fourth-order valence-corrected chi connectivity index (χ4v) is 1.66. The van der Waals surface area contributed by atoms with Gasteiger partial charge in [-0.2, -0.15) is 0 Å². The Kier molecular flexibility index (Phi) is 4.15. The van der Waals surface area contributed by atoms with Crippen molar-refractivity contribution >= 4 is 23.2 Å². The molecule has 3 heteroatoms. The molecule has 0 saturated heterocycles. The van der Waals surface area contributed by atoms with Crippen molar-refractivity contribution in [1.29, 1.82) is 0 Å². The van der Waals surface area contributed by atoms with E-state index in [0.29, 0.717) is 5.92 Å². The van der Waals surface area contributed by atoms with E-state index in [1.165, 1.54) is 5.56 Å². The van der Waals surface area contributed by atoms with Crippen LogP contribution in [-0.2, 0) is 4.79 Å².